The van der Waals surface area contributed by atoms with E-state index in [2.05, 4.69) is 213 Å². The normalized spacial score (nSPS) is 14.8. The summed E-state index contributed by atoms with van der Waals surface area (Å²) in [6.45, 7) is 4.76. The summed E-state index contributed by atoms with van der Waals surface area (Å²) in [4.78, 5) is 0. The van der Waals surface area contributed by atoms with Gasteiger partial charge < -0.3 is 4.57 Å². The lowest BCUT2D eigenvalue weighted by molar-refractivity contribution is 0.661. The molecule has 12 rings (SSSR count). The Bertz CT molecular complexity index is 3260. The van der Waals surface area contributed by atoms with Crippen LogP contribution in [0.4, 0.5) is 0 Å². The van der Waals surface area contributed by atoms with Crippen LogP contribution in [0.3, 0.4) is 0 Å². The van der Waals surface area contributed by atoms with E-state index >= 15 is 0 Å². The molecule has 1 unspecified atom stereocenters. The minimum absolute atomic E-state index is 0.0872. The van der Waals surface area contributed by atoms with Crippen molar-refractivity contribution in [1.29, 1.82) is 0 Å². The largest absolute Gasteiger partial charge is 0.309 e. The highest BCUT2D eigenvalue weighted by Gasteiger charge is 2.36. The van der Waals surface area contributed by atoms with E-state index in [0.717, 1.165) is 0 Å². The highest BCUT2D eigenvalue weighted by molar-refractivity contribution is 6.13. The van der Waals surface area contributed by atoms with Crippen LogP contribution in [0.25, 0.3) is 82.8 Å². The molecule has 1 heterocycles. The van der Waals surface area contributed by atoms with Gasteiger partial charge in [0.15, 0.2) is 0 Å². The van der Waals surface area contributed by atoms with Crippen molar-refractivity contribution in [2.75, 3.05) is 0 Å². The van der Waals surface area contributed by atoms with Crippen LogP contribution in [0.1, 0.15) is 47.6 Å². The first-order valence-corrected chi connectivity index (χ1v) is 20.1. The molecule has 0 fully saturated rings. The van der Waals surface area contributed by atoms with Crippen LogP contribution in [-0.4, -0.2) is 4.57 Å². The second kappa shape index (κ2) is 12.0. The average Bonchev–Trinajstić information content (AvgIpc) is 3.85. The summed E-state index contributed by atoms with van der Waals surface area (Å²) < 4.78 is 2.51. The smallest absolute Gasteiger partial charge is 0.0547 e. The van der Waals surface area contributed by atoms with Crippen LogP contribution in [0.2, 0.25) is 0 Å². The van der Waals surface area contributed by atoms with E-state index in [-0.39, 0.29) is 11.3 Å². The Labute approximate surface area is 333 Å². The summed E-state index contributed by atoms with van der Waals surface area (Å²) in [5.74, 6) is 0.185. The van der Waals surface area contributed by atoms with Gasteiger partial charge in [-0.25, -0.2) is 0 Å². The molecular formula is C56H39N. The maximum Gasteiger partial charge on any atom is 0.0547 e. The van der Waals surface area contributed by atoms with Crippen molar-refractivity contribution in [3.05, 3.63) is 222 Å². The van der Waals surface area contributed by atoms with Crippen molar-refractivity contribution >= 4 is 32.6 Å². The molecule has 1 heteroatoms. The Morgan fingerprint density at radius 3 is 1.96 bits per heavy atom. The Morgan fingerprint density at radius 1 is 0.386 bits per heavy atom. The minimum atomic E-state index is -0.0872. The lowest BCUT2D eigenvalue weighted by atomic mass is 9.82. The van der Waals surface area contributed by atoms with Crippen LogP contribution >= 0.6 is 0 Å². The molecule has 1 nitrogen and oxygen atoms in total. The maximum absolute atomic E-state index is 2.51. The highest BCUT2D eigenvalue weighted by Crippen LogP contribution is 2.52. The van der Waals surface area contributed by atoms with E-state index in [1.165, 1.54) is 111 Å². The van der Waals surface area contributed by atoms with Gasteiger partial charge >= 0.3 is 0 Å². The number of nitrogens with zero attached hydrogens (tertiary/aromatic N) is 1. The third-order valence-electron chi connectivity index (χ3n) is 13.1. The number of benzene rings is 9. The number of hydrogen-bond acceptors (Lipinski definition) is 0. The van der Waals surface area contributed by atoms with Gasteiger partial charge in [-0.3, -0.25) is 0 Å². The fourth-order valence-corrected chi connectivity index (χ4v) is 10.3. The van der Waals surface area contributed by atoms with Crippen molar-refractivity contribution < 1.29 is 0 Å². The molecule has 9 aromatic carbocycles. The van der Waals surface area contributed by atoms with Gasteiger partial charge in [-0.05, 0) is 114 Å². The van der Waals surface area contributed by atoms with Crippen LogP contribution in [0, 0.1) is 0 Å². The fourth-order valence-electron chi connectivity index (χ4n) is 10.3. The van der Waals surface area contributed by atoms with E-state index < -0.39 is 0 Å². The summed E-state index contributed by atoms with van der Waals surface area (Å²) in [6, 6.07) is 72.6. The third-order valence-corrected chi connectivity index (χ3v) is 13.1. The first-order chi connectivity index (χ1) is 28.0. The zero-order chi connectivity index (χ0) is 37.8. The standard InChI is InChI=1S/C56H39N/c1-56(2)50-24-11-10-22-43(50)47-34-54-49(33-51(47)56)48-32-39(27-29-53(48)57(54)52-25-13-17-36-16-6-7-20-41(36)52)38-26-28-45-46(31-38)42-21-8-9-23-44(42)55(45)40-19-12-18-37(30-40)35-14-4-3-5-15-35/h3-34,55H,1-2H3. The molecule has 0 amide bonds. The molecule has 57 heavy (non-hydrogen) atoms. The van der Waals surface area contributed by atoms with Gasteiger partial charge in [0.25, 0.3) is 0 Å². The lowest BCUT2D eigenvalue weighted by Crippen LogP contribution is -2.14. The molecule has 1 aromatic heterocycles. The molecule has 10 aromatic rings. The fraction of sp³-hybridized carbons (Fsp3) is 0.0714. The van der Waals surface area contributed by atoms with Crippen LogP contribution in [0.15, 0.2) is 194 Å². The monoisotopic (exact) mass is 725 g/mol. The molecule has 268 valence electrons. The third kappa shape index (κ3) is 4.69. The summed E-state index contributed by atoms with van der Waals surface area (Å²) in [5.41, 5.74) is 20.8. The van der Waals surface area contributed by atoms with Gasteiger partial charge in [-0.1, -0.05) is 172 Å². The van der Waals surface area contributed by atoms with Crippen molar-refractivity contribution in [2.45, 2.75) is 25.2 Å². The highest BCUT2D eigenvalue weighted by atomic mass is 15.0. The van der Waals surface area contributed by atoms with Crippen molar-refractivity contribution in [1.82, 2.24) is 4.57 Å². The molecule has 1 atom stereocenters. The number of rotatable bonds is 4. The summed E-state index contributed by atoms with van der Waals surface area (Å²) in [7, 11) is 0. The number of fused-ring (bicyclic) bond motifs is 10. The summed E-state index contributed by atoms with van der Waals surface area (Å²) in [6.07, 6.45) is 0. The van der Waals surface area contributed by atoms with E-state index in [1.807, 2.05) is 0 Å². The average molecular weight is 726 g/mol. The summed E-state index contributed by atoms with van der Waals surface area (Å²) >= 11 is 0. The molecule has 0 saturated carbocycles. The summed E-state index contributed by atoms with van der Waals surface area (Å²) in [5, 5.41) is 5.08. The predicted octanol–water partition coefficient (Wildman–Crippen LogP) is 14.7. The second-order valence-electron chi connectivity index (χ2n) is 16.5. The van der Waals surface area contributed by atoms with Crippen molar-refractivity contribution in [2.24, 2.45) is 0 Å². The SMILES string of the molecule is CC1(C)c2ccccc2-c2cc3c(cc21)c1cc(-c2ccc4c(c2)-c2ccccc2C4c2cccc(-c4ccccc4)c2)ccc1n3-c1cccc2ccccc12. The quantitative estimate of drug-likeness (QED) is 0.170. The Balaban J connectivity index is 1.05. The Hall–Kier alpha value is -6.96. The van der Waals surface area contributed by atoms with Gasteiger partial charge in [0.05, 0.1) is 16.7 Å². The van der Waals surface area contributed by atoms with Crippen LogP contribution in [0.5, 0.6) is 0 Å². The molecule has 0 aliphatic heterocycles. The molecule has 2 aliphatic carbocycles. The van der Waals surface area contributed by atoms with Gasteiger partial charge in [0, 0.05) is 27.5 Å². The number of hydrogen-bond donors (Lipinski definition) is 0. The van der Waals surface area contributed by atoms with Gasteiger partial charge in [0.2, 0.25) is 0 Å². The molecular weight excluding hydrogens is 687 g/mol. The molecule has 0 saturated heterocycles. The Morgan fingerprint density at radius 2 is 1.05 bits per heavy atom. The maximum atomic E-state index is 2.51. The van der Waals surface area contributed by atoms with Gasteiger partial charge in [-0.2, -0.15) is 0 Å². The van der Waals surface area contributed by atoms with E-state index in [4.69, 9.17) is 0 Å². The van der Waals surface area contributed by atoms with Gasteiger partial charge in [0.1, 0.15) is 0 Å². The molecule has 0 N–H and O–H groups in total. The Kier molecular flexibility index (Phi) is 6.81. The molecule has 0 spiro atoms. The van der Waals surface area contributed by atoms with Gasteiger partial charge in [-0.15, -0.1) is 0 Å². The molecule has 0 radical (unpaired) electrons. The lowest BCUT2D eigenvalue weighted by Gasteiger charge is -2.21. The predicted molar refractivity (Wildman–Crippen MR) is 240 cm³/mol. The van der Waals surface area contributed by atoms with E-state index in [1.54, 1.807) is 0 Å². The van der Waals surface area contributed by atoms with E-state index in [9.17, 15) is 0 Å². The first-order valence-electron chi connectivity index (χ1n) is 20.1. The van der Waals surface area contributed by atoms with Crippen LogP contribution < -0.4 is 0 Å². The van der Waals surface area contributed by atoms with Crippen molar-refractivity contribution in [3.63, 3.8) is 0 Å². The topological polar surface area (TPSA) is 4.93 Å². The van der Waals surface area contributed by atoms with Crippen molar-refractivity contribution in [3.8, 4) is 50.2 Å². The zero-order valence-electron chi connectivity index (χ0n) is 32.0. The molecule has 0 bridgehead atoms. The first kappa shape index (κ1) is 32.3. The van der Waals surface area contributed by atoms with Crippen LogP contribution in [-0.2, 0) is 5.41 Å². The number of aromatic nitrogens is 1. The zero-order valence-corrected chi connectivity index (χ0v) is 32.0. The molecule has 2 aliphatic rings. The minimum Gasteiger partial charge on any atom is -0.309 e. The second-order valence-corrected chi connectivity index (χ2v) is 16.5. The van der Waals surface area contributed by atoms with E-state index in [0.29, 0.717) is 0 Å².